The number of carboxylic acid groups (broad SMARTS) is 1. The first-order chi connectivity index (χ1) is 11.5. The number of carbonyl (C=O) groups is 1. The van der Waals surface area contributed by atoms with Crippen LogP contribution in [0, 0.1) is 0 Å². The minimum atomic E-state index is -0.968. The van der Waals surface area contributed by atoms with Gasteiger partial charge in [-0.25, -0.2) is 0 Å². The Hall–Kier alpha value is -0.870. The Balaban J connectivity index is 4.79. The first kappa shape index (κ1) is 23.1. The molecule has 0 aliphatic rings. The lowest BCUT2D eigenvalue weighted by atomic mass is 10.1. The van der Waals surface area contributed by atoms with Gasteiger partial charge in [0.15, 0.2) is 0 Å². The van der Waals surface area contributed by atoms with Crippen molar-refractivity contribution >= 4 is 5.97 Å². The van der Waals surface area contributed by atoms with Crippen LogP contribution < -0.4 is 5.11 Å². The maximum atomic E-state index is 10.8. The lowest BCUT2D eigenvalue weighted by Gasteiger charge is -2.40. The van der Waals surface area contributed by atoms with E-state index in [2.05, 4.69) is 32.9 Å². The van der Waals surface area contributed by atoms with Gasteiger partial charge in [0.25, 0.3) is 0 Å². The molecule has 0 aromatic carbocycles. The summed E-state index contributed by atoms with van der Waals surface area (Å²) in [5.74, 6) is -0.968. The zero-order chi connectivity index (χ0) is 18.3. The predicted octanol–water partition coefficient (Wildman–Crippen LogP) is 3.04. The van der Waals surface area contributed by atoms with Gasteiger partial charge in [-0.15, -0.1) is 0 Å². The first-order valence-electron chi connectivity index (χ1n) is 9.87. The van der Waals surface area contributed by atoms with Crippen molar-refractivity contribution in [2.24, 2.45) is 0 Å². The number of aliphatic hydroxyl groups is 1. The minimum absolute atomic E-state index is 0.119. The Kier molecular flexibility index (Phi) is 13.9. The van der Waals surface area contributed by atoms with Gasteiger partial charge < -0.3 is 19.5 Å². The maximum Gasteiger partial charge on any atom is 0.105 e. The third-order valence-corrected chi connectivity index (χ3v) is 4.65. The molecule has 1 N–H and O–H groups in total. The van der Waals surface area contributed by atoms with Gasteiger partial charge in [0.1, 0.15) is 12.6 Å². The molecule has 4 heteroatoms. The summed E-state index contributed by atoms with van der Waals surface area (Å²) in [4.78, 5) is 10.8. The number of carboxylic acids is 1. The average molecular weight is 342 g/mol. The molecule has 24 heavy (non-hydrogen) atoms. The summed E-state index contributed by atoms with van der Waals surface area (Å²) in [5, 5.41) is 21.3. The van der Waals surface area contributed by atoms with E-state index >= 15 is 0 Å². The van der Waals surface area contributed by atoms with Gasteiger partial charge in [0.2, 0.25) is 0 Å². The van der Waals surface area contributed by atoms with Crippen molar-refractivity contribution in [2.45, 2.75) is 84.7 Å². The standard InChI is InChI=1S/C20H39NO3/c1-4-7-10-11-13-19(22)18-21(15-8-5-2,16-9-6-3)17-12-14-20(23)24/h7,10,19,22H,4-6,8-9,11-18H2,1-3H3/b10-7+. The molecular formula is C20H39NO3. The molecule has 0 aromatic rings. The zero-order valence-electron chi connectivity index (χ0n) is 16.1. The monoisotopic (exact) mass is 341 g/mol. The number of hydrogen-bond acceptors (Lipinski definition) is 3. The van der Waals surface area contributed by atoms with Crippen molar-refractivity contribution in [1.29, 1.82) is 0 Å². The summed E-state index contributed by atoms with van der Waals surface area (Å²) in [6.07, 6.45) is 12.0. The highest BCUT2D eigenvalue weighted by atomic mass is 16.4. The number of aliphatic carboxylic acids is 1. The molecule has 0 saturated heterocycles. The van der Waals surface area contributed by atoms with Crippen LogP contribution in [0.3, 0.4) is 0 Å². The number of aliphatic hydroxyl groups excluding tert-OH is 1. The molecule has 0 fully saturated rings. The third kappa shape index (κ3) is 11.6. The fourth-order valence-electron chi connectivity index (χ4n) is 3.27. The molecule has 0 aliphatic heterocycles. The van der Waals surface area contributed by atoms with Crippen LogP contribution in [-0.4, -0.2) is 47.8 Å². The van der Waals surface area contributed by atoms with E-state index in [0.717, 1.165) is 75.6 Å². The van der Waals surface area contributed by atoms with E-state index in [-0.39, 0.29) is 12.5 Å². The van der Waals surface area contributed by atoms with E-state index < -0.39 is 5.97 Å². The SMILES string of the molecule is CC/C=C/CCC(O)C[N+](CCCC)(CCCC)CCCC(=O)[O-]. The second-order valence-electron chi connectivity index (χ2n) is 6.99. The molecule has 1 unspecified atom stereocenters. The van der Waals surface area contributed by atoms with Crippen LogP contribution in [-0.2, 0) is 4.79 Å². The Morgan fingerprint density at radius 3 is 2.12 bits per heavy atom. The van der Waals surface area contributed by atoms with Crippen molar-refractivity contribution in [2.75, 3.05) is 26.2 Å². The molecule has 0 aromatic heterocycles. The van der Waals surface area contributed by atoms with Crippen molar-refractivity contribution < 1.29 is 19.5 Å². The molecule has 0 heterocycles. The van der Waals surface area contributed by atoms with Crippen LogP contribution in [0.1, 0.15) is 78.6 Å². The highest BCUT2D eigenvalue weighted by Gasteiger charge is 2.28. The predicted molar refractivity (Wildman–Crippen MR) is 98.5 cm³/mol. The fourth-order valence-corrected chi connectivity index (χ4v) is 3.27. The number of unbranched alkanes of at least 4 members (excludes halogenated alkanes) is 2. The van der Waals surface area contributed by atoms with Crippen LogP contribution in [0.2, 0.25) is 0 Å². The number of carbonyl (C=O) groups excluding carboxylic acids is 1. The molecule has 142 valence electrons. The summed E-state index contributed by atoms with van der Waals surface area (Å²) in [6, 6.07) is 0. The van der Waals surface area contributed by atoms with Crippen LogP contribution in [0.15, 0.2) is 12.2 Å². The Morgan fingerprint density at radius 2 is 1.62 bits per heavy atom. The third-order valence-electron chi connectivity index (χ3n) is 4.65. The van der Waals surface area contributed by atoms with E-state index in [9.17, 15) is 15.0 Å². The highest BCUT2D eigenvalue weighted by Crippen LogP contribution is 2.17. The summed E-state index contributed by atoms with van der Waals surface area (Å²) < 4.78 is 0.855. The Labute approximate surface area is 149 Å². The van der Waals surface area contributed by atoms with Crippen molar-refractivity contribution in [3.8, 4) is 0 Å². The van der Waals surface area contributed by atoms with Crippen LogP contribution in [0.4, 0.5) is 0 Å². The van der Waals surface area contributed by atoms with Gasteiger partial charge in [-0.1, -0.05) is 45.8 Å². The molecule has 0 radical (unpaired) electrons. The average Bonchev–Trinajstić information content (AvgIpc) is 2.54. The second kappa shape index (κ2) is 14.5. The molecule has 0 amide bonds. The minimum Gasteiger partial charge on any atom is -0.550 e. The van der Waals surface area contributed by atoms with Gasteiger partial charge in [-0.05, 0) is 38.5 Å². The number of allylic oxidation sites excluding steroid dienone is 2. The van der Waals surface area contributed by atoms with E-state index in [4.69, 9.17) is 0 Å². The number of quaternary nitrogens is 1. The largest absolute Gasteiger partial charge is 0.550 e. The first-order valence-corrected chi connectivity index (χ1v) is 9.87. The summed E-state index contributed by atoms with van der Waals surface area (Å²) in [5.41, 5.74) is 0. The van der Waals surface area contributed by atoms with E-state index in [1.165, 1.54) is 0 Å². The number of nitrogens with zero attached hydrogens (tertiary/aromatic N) is 1. The van der Waals surface area contributed by atoms with Crippen LogP contribution >= 0.6 is 0 Å². The normalized spacial score (nSPS) is 13.5. The molecule has 1 atom stereocenters. The number of hydrogen-bond donors (Lipinski definition) is 1. The van der Waals surface area contributed by atoms with Gasteiger partial charge >= 0.3 is 0 Å². The van der Waals surface area contributed by atoms with Crippen LogP contribution in [0.5, 0.6) is 0 Å². The summed E-state index contributed by atoms with van der Waals surface area (Å²) in [6.45, 7) is 10.1. The molecule has 0 rings (SSSR count). The molecular weight excluding hydrogens is 302 g/mol. The summed E-state index contributed by atoms with van der Waals surface area (Å²) >= 11 is 0. The molecule has 0 spiro atoms. The lowest BCUT2D eigenvalue weighted by Crippen LogP contribution is -2.54. The molecule has 0 aliphatic carbocycles. The molecule has 4 nitrogen and oxygen atoms in total. The van der Waals surface area contributed by atoms with E-state index in [1.54, 1.807) is 0 Å². The molecule has 0 saturated carbocycles. The zero-order valence-corrected chi connectivity index (χ0v) is 16.1. The topological polar surface area (TPSA) is 60.4 Å². The van der Waals surface area contributed by atoms with Gasteiger partial charge in [-0.3, -0.25) is 0 Å². The smallest absolute Gasteiger partial charge is 0.105 e. The quantitative estimate of drug-likeness (QED) is 0.347. The van der Waals surface area contributed by atoms with Gasteiger partial charge in [0, 0.05) is 12.4 Å². The molecule has 0 bridgehead atoms. The van der Waals surface area contributed by atoms with Crippen LogP contribution in [0.25, 0.3) is 0 Å². The summed E-state index contributed by atoms with van der Waals surface area (Å²) in [7, 11) is 0. The fraction of sp³-hybridized carbons (Fsp3) is 0.850. The second-order valence-corrected chi connectivity index (χ2v) is 6.99. The van der Waals surface area contributed by atoms with E-state index in [1.807, 2.05) is 0 Å². The lowest BCUT2D eigenvalue weighted by molar-refractivity contribution is -0.931. The number of rotatable bonds is 16. The van der Waals surface area contributed by atoms with Crippen molar-refractivity contribution in [1.82, 2.24) is 0 Å². The Morgan fingerprint density at radius 1 is 1.04 bits per heavy atom. The van der Waals surface area contributed by atoms with Crippen molar-refractivity contribution in [3.63, 3.8) is 0 Å². The van der Waals surface area contributed by atoms with Gasteiger partial charge in [0.05, 0.1) is 19.6 Å². The van der Waals surface area contributed by atoms with E-state index in [0.29, 0.717) is 6.42 Å². The maximum absolute atomic E-state index is 10.8. The Bertz CT molecular complexity index is 334. The van der Waals surface area contributed by atoms with Crippen molar-refractivity contribution in [3.05, 3.63) is 12.2 Å². The highest BCUT2D eigenvalue weighted by molar-refractivity contribution is 5.64. The van der Waals surface area contributed by atoms with Gasteiger partial charge in [-0.2, -0.15) is 0 Å².